The predicted octanol–water partition coefficient (Wildman–Crippen LogP) is 3.51. The summed E-state index contributed by atoms with van der Waals surface area (Å²) in [5, 5.41) is 1.31. The molecule has 1 saturated heterocycles. The van der Waals surface area contributed by atoms with Crippen molar-refractivity contribution in [1.82, 2.24) is 4.98 Å². The number of thiazole rings is 1. The summed E-state index contributed by atoms with van der Waals surface area (Å²) in [7, 11) is -3.71. The summed E-state index contributed by atoms with van der Waals surface area (Å²) < 4.78 is 27.8. The van der Waals surface area contributed by atoms with Crippen molar-refractivity contribution in [3.05, 3.63) is 34.3 Å². The largest absolute Gasteiger partial charge is 0.360 e. The van der Waals surface area contributed by atoms with Crippen molar-refractivity contribution in [3.63, 3.8) is 0 Å². The molecule has 2 aromatic rings. The molecule has 0 bridgehead atoms. The SMILES string of the molecule is Cc1c(Cl)cccc1S(=O)(=O)Nc1ncsc1N1CCCC1. The van der Waals surface area contributed by atoms with E-state index in [1.807, 2.05) is 0 Å². The van der Waals surface area contributed by atoms with Crippen LogP contribution < -0.4 is 9.62 Å². The first kappa shape index (κ1) is 15.6. The van der Waals surface area contributed by atoms with Gasteiger partial charge in [0.15, 0.2) is 5.82 Å². The summed E-state index contributed by atoms with van der Waals surface area (Å²) >= 11 is 7.47. The molecule has 5 nitrogen and oxygen atoms in total. The van der Waals surface area contributed by atoms with Crippen LogP contribution in [0, 0.1) is 6.92 Å². The molecule has 0 saturated carbocycles. The molecule has 1 fully saturated rings. The molecule has 0 spiro atoms. The Morgan fingerprint density at radius 2 is 2.05 bits per heavy atom. The van der Waals surface area contributed by atoms with E-state index >= 15 is 0 Å². The van der Waals surface area contributed by atoms with Gasteiger partial charge in [-0.25, -0.2) is 13.4 Å². The van der Waals surface area contributed by atoms with Crippen molar-refractivity contribution in [2.75, 3.05) is 22.7 Å². The lowest BCUT2D eigenvalue weighted by Crippen LogP contribution is -2.20. The highest BCUT2D eigenvalue weighted by molar-refractivity contribution is 7.92. The third kappa shape index (κ3) is 2.93. The summed E-state index contributed by atoms with van der Waals surface area (Å²) in [5.74, 6) is 0.395. The maximum absolute atomic E-state index is 12.6. The van der Waals surface area contributed by atoms with Crippen molar-refractivity contribution in [2.45, 2.75) is 24.7 Å². The third-order valence-corrected chi connectivity index (χ3v) is 6.46. The monoisotopic (exact) mass is 357 g/mol. The minimum Gasteiger partial charge on any atom is -0.360 e. The molecule has 118 valence electrons. The lowest BCUT2D eigenvalue weighted by molar-refractivity contribution is 0.600. The molecular weight excluding hydrogens is 342 g/mol. The number of sulfonamides is 1. The minimum absolute atomic E-state index is 0.181. The fourth-order valence-electron chi connectivity index (χ4n) is 2.52. The van der Waals surface area contributed by atoms with Gasteiger partial charge in [-0.05, 0) is 37.5 Å². The van der Waals surface area contributed by atoms with E-state index in [0.717, 1.165) is 30.9 Å². The second kappa shape index (κ2) is 6.06. The van der Waals surface area contributed by atoms with Gasteiger partial charge in [0, 0.05) is 18.1 Å². The standard InChI is InChI=1S/C14H16ClN3O2S2/c1-10-11(15)5-4-6-12(10)22(19,20)17-13-14(21-9-16-13)18-7-2-3-8-18/h4-6,9,17H,2-3,7-8H2,1H3. The second-order valence-corrected chi connectivity index (χ2v) is 8.06. The lowest BCUT2D eigenvalue weighted by atomic mass is 10.2. The zero-order valence-electron chi connectivity index (χ0n) is 12.0. The highest BCUT2D eigenvalue weighted by Gasteiger charge is 2.24. The van der Waals surface area contributed by atoms with Gasteiger partial charge in [-0.2, -0.15) is 0 Å². The van der Waals surface area contributed by atoms with Gasteiger partial charge in [-0.3, -0.25) is 4.72 Å². The van der Waals surface area contributed by atoms with Crippen LogP contribution in [0.4, 0.5) is 10.8 Å². The molecule has 3 rings (SSSR count). The molecule has 1 aromatic carbocycles. The number of hydrogen-bond donors (Lipinski definition) is 1. The van der Waals surface area contributed by atoms with Gasteiger partial charge in [0.1, 0.15) is 5.00 Å². The fourth-order valence-corrected chi connectivity index (χ4v) is 4.90. The van der Waals surface area contributed by atoms with Gasteiger partial charge >= 0.3 is 0 Å². The number of nitrogens with zero attached hydrogens (tertiary/aromatic N) is 2. The van der Waals surface area contributed by atoms with E-state index < -0.39 is 10.0 Å². The number of halogens is 1. The highest BCUT2D eigenvalue weighted by Crippen LogP contribution is 2.34. The van der Waals surface area contributed by atoms with Crippen molar-refractivity contribution in [1.29, 1.82) is 0 Å². The average molecular weight is 358 g/mol. The molecule has 0 aliphatic carbocycles. The van der Waals surface area contributed by atoms with Crippen molar-refractivity contribution < 1.29 is 8.42 Å². The molecular formula is C14H16ClN3O2S2. The second-order valence-electron chi connectivity index (χ2n) is 5.17. The van der Waals surface area contributed by atoms with E-state index in [9.17, 15) is 8.42 Å². The van der Waals surface area contributed by atoms with Crippen molar-refractivity contribution in [3.8, 4) is 0 Å². The normalized spacial score (nSPS) is 15.3. The van der Waals surface area contributed by atoms with Gasteiger partial charge in [0.05, 0.1) is 10.4 Å². The van der Waals surface area contributed by atoms with Crippen molar-refractivity contribution in [2.24, 2.45) is 0 Å². The zero-order valence-corrected chi connectivity index (χ0v) is 14.4. The number of aromatic nitrogens is 1. The van der Waals surface area contributed by atoms with Gasteiger partial charge in [-0.1, -0.05) is 17.7 Å². The van der Waals surface area contributed by atoms with Crippen LogP contribution in [-0.4, -0.2) is 26.5 Å². The number of benzene rings is 1. The number of anilines is 2. The summed E-state index contributed by atoms with van der Waals surface area (Å²) in [4.78, 5) is 6.53. The van der Waals surface area contributed by atoms with E-state index in [1.54, 1.807) is 30.6 Å². The number of nitrogens with one attached hydrogen (secondary N) is 1. The Kier molecular flexibility index (Phi) is 4.29. The van der Waals surface area contributed by atoms with E-state index in [-0.39, 0.29) is 4.90 Å². The lowest BCUT2D eigenvalue weighted by Gasteiger charge is -2.17. The first-order chi connectivity index (χ1) is 10.5. The summed E-state index contributed by atoms with van der Waals surface area (Å²) in [6, 6.07) is 4.85. The predicted molar refractivity (Wildman–Crippen MR) is 90.6 cm³/mol. The smallest absolute Gasteiger partial charge is 0.263 e. The maximum atomic E-state index is 12.6. The topological polar surface area (TPSA) is 62.3 Å². The van der Waals surface area contributed by atoms with Gasteiger partial charge < -0.3 is 4.90 Å². The number of rotatable bonds is 4. The van der Waals surface area contributed by atoms with E-state index in [2.05, 4.69) is 14.6 Å². The summed E-state index contributed by atoms with van der Waals surface area (Å²) in [5.41, 5.74) is 2.20. The van der Waals surface area contributed by atoms with Crippen LogP contribution in [0.3, 0.4) is 0 Å². The van der Waals surface area contributed by atoms with Crippen LogP contribution in [0.2, 0.25) is 5.02 Å². The van der Waals surface area contributed by atoms with E-state index in [4.69, 9.17) is 11.6 Å². The molecule has 1 aliphatic rings. The van der Waals surface area contributed by atoms with Crippen LogP contribution in [-0.2, 0) is 10.0 Å². The Balaban J connectivity index is 1.92. The van der Waals surface area contributed by atoms with Crippen LogP contribution in [0.1, 0.15) is 18.4 Å². The Hall–Kier alpha value is -1.31. The molecule has 0 radical (unpaired) electrons. The zero-order chi connectivity index (χ0) is 15.7. The molecule has 0 amide bonds. The molecule has 22 heavy (non-hydrogen) atoms. The van der Waals surface area contributed by atoms with Crippen LogP contribution in [0.5, 0.6) is 0 Å². The fraction of sp³-hybridized carbons (Fsp3) is 0.357. The maximum Gasteiger partial charge on any atom is 0.263 e. The van der Waals surface area contributed by atoms with Crippen LogP contribution >= 0.6 is 22.9 Å². The van der Waals surface area contributed by atoms with E-state index in [1.165, 1.54) is 11.3 Å². The number of hydrogen-bond acceptors (Lipinski definition) is 5. The summed E-state index contributed by atoms with van der Waals surface area (Å²) in [6.07, 6.45) is 2.25. The minimum atomic E-state index is -3.71. The van der Waals surface area contributed by atoms with Crippen molar-refractivity contribution >= 4 is 43.8 Å². The first-order valence-electron chi connectivity index (χ1n) is 6.95. The molecule has 0 atom stereocenters. The first-order valence-corrected chi connectivity index (χ1v) is 9.69. The Morgan fingerprint density at radius 3 is 2.77 bits per heavy atom. The Labute approximate surface area is 139 Å². The molecule has 1 N–H and O–H groups in total. The highest BCUT2D eigenvalue weighted by atomic mass is 35.5. The van der Waals surface area contributed by atoms with Gasteiger partial charge in [0.25, 0.3) is 10.0 Å². The third-order valence-electron chi connectivity index (χ3n) is 3.68. The van der Waals surface area contributed by atoms with Gasteiger partial charge in [-0.15, -0.1) is 11.3 Å². The average Bonchev–Trinajstić information content (AvgIpc) is 3.11. The van der Waals surface area contributed by atoms with Crippen LogP contribution in [0.25, 0.3) is 0 Å². The quantitative estimate of drug-likeness (QED) is 0.909. The van der Waals surface area contributed by atoms with E-state index in [0.29, 0.717) is 16.4 Å². The Bertz CT molecular complexity index is 783. The molecule has 1 aliphatic heterocycles. The van der Waals surface area contributed by atoms with Gasteiger partial charge in [0.2, 0.25) is 0 Å². The molecule has 0 unspecified atom stereocenters. The Morgan fingerprint density at radius 1 is 1.32 bits per heavy atom. The molecule has 8 heteroatoms. The molecule has 1 aromatic heterocycles. The molecule has 2 heterocycles. The summed E-state index contributed by atoms with van der Waals surface area (Å²) in [6.45, 7) is 3.57. The van der Waals surface area contributed by atoms with Crippen LogP contribution in [0.15, 0.2) is 28.6 Å².